The molecule has 1 aromatic rings. The predicted octanol–water partition coefficient (Wildman–Crippen LogP) is 2.33. The van der Waals surface area contributed by atoms with E-state index in [1.54, 1.807) is 6.20 Å². The number of fused-ring (bicyclic) bond motifs is 1. The average Bonchev–Trinajstić information content (AvgIpc) is 2.97. The minimum absolute atomic E-state index is 0.0401. The quantitative estimate of drug-likeness (QED) is 0.677. The molecular weight excluding hydrogens is 248 g/mol. The molecule has 0 aromatic carbocycles. The molecule has 2 heterocycles. The Kier molecular flexibility index (Phi) is 2.86. The number of piperidine rings is 1. The lowest BCUT2D eigenvalue weighted by Gasteiger charge is -2.27. The first-order valence-electron chi connectivity index (χ1n) is 7.14. The van der Waals surface area contributed by atoms with Crippen molar-refractivity contribution in [2.45, 2.75) is 27.2 Å². The number of amides is 1. The van der Waals surface area contributed by atoms with E-state index in [2.05, 4.69) is 16.8 Å². The van der Waals surface area contributed by atoms with E-state index >= 15 is 0 Å². The van der Waals surface area contributed by atoms with Crippen molar-refractivity contribution in [2.75, 3.05) is 13.1 Å². The van der Waals surface area contributed by atoms with Gasteiger partial charge in [0, 0.05) is 24.7 Å². The molecule has 0 bridgehead atoms. The standard InChI is InChI=1S/C17H20N2O/c1-16(2,3)15(20)19-11-13-10-17(13,12-19)8-7-14-6-4-5-9-18-14/h4-6,9,13H,10-12H2,1-3H3/t13-,17+/m1/s1. The number of carbonyl (C=O) groups is 1. The van der Waals surface area contributed by atoms with Crippen molar-refractivity contribution in [3.63, 3.8) is 0 Å². The summed E-state index contributed by atoms with van der Waals surface area (Å²) in [6.07, 6.45) is 2.89. The molecule has 1 amide bonds. The Hall–Kier alpha value is -1.82. The maximum atomic E-state index is 12.3. The normalized spacial score (nSPS) is 27.6. The van der Waals surface area contributed by atoms with E-state index in [1.165, 1.54) is 0 Å². The summed E-state index contributed by atoms with van der Waals surface area (Å²) in [5, 5.41) is 0. The van der Waals surface area contributed by atoms with E-state index in [1.807, 2.05) is 43.9 Å². The van der Waals surface area contributed by atoms with E-state index in [9.17, 15) is 4.79 Å². The summed E-state index contributed by atoms with van der Waals surface area (Å²) in [4.78, 5) is 18.5. The Balaban J connectivity index is 1.72. The van der Waals surface area contributed by atoms with Crippen LogP contribution in [0.4, 0.5) is 0 Å². The molecule has 1 aliphatic carbocycles. The van der Waals surface area contributed by atoms with Gasteiger partial charge in [0.05, 0.1) is 5.41 Å². The zero-order valence-electron chi connectivity index (χ0n) is 12.3. The van der Waals surface area contributed by atoms with Crippen LogP contribution in [-0.2, 0) is 4.79 Å². The van der Waals surface area contributed by atoms with E-state index in [0.717, 1.165) is 25.2 Å². The van der Waals surface area contributed by atoms with Crippen molar-refractivity contribution in [3.05, 3.63) is 30.1 Å². The third-order valence-corrected chi connectivity index (χ3v) is 4.18. The Morgan fingerprint density at radius 1 is 1.45 bits per heavy atom. The van der Waals surface area contributed by atoms with Crippen LogP contribution in [0.2, 0.25) is 0 Å². The monoisotopic (exact) mass is 268 g/mol. The van der Waals surface area contributed by atoms with Crippen molar-refractivity contribution >= 4 is 5.91 Å². The third-order valence-electron chi connectivity index (χ3n) is 4.18. The van der Waals surface area contributed by atoms with Gasteiger partial charge in [0.2, 0.25) is 5.91 Å². The smallest absolute Gasteiger partial charge is 0.228 e. The van der Waals surface area contributed by atoms with Crippen LogP contribution in [0.5, 0.6) is 0 Å². The molecule has 20 heavy (non-hydrogen) atoms. The predicted molar refractivity (Wildman–Crippen MR) is 77.7 cm³/mol. The van der Waals surface area contributed by atoms with Gasteiger partial charge in [0.25, 0.3) is 0 Å². The fraction of sp³-hybridized carbons (Fsp3) is 0.529. The zero-order chi connectivity index (χ0) is 14.4. The summed E-state index contributed by atoms with van der Waals surface area (Å²) in [5.41, 5.74) is 0.554. The maximum absolute atomic E-state index is 12.3. The average molecular weight is 268 g/mol. The van der Waals surface area contributed by atoms with Gasteiger partial charge >= 0.3 is 0 Å². The van der Waals surface area contributed by atoms with Crippen molar-refractivity contribution in [2.24, 2.45) is 16.7 Å². The number of nitrogens with zero attached hydrogens (tertiary/aromatic N) is 2. The molecular formula is C17H20N2O. The molecule has 1 aliphatic heterocycles. The fourth-order valence-electron chi connectivity index (χ4n) is 2.93. The van der Waals surface area contributed by atoms with E-state index in [4.69, 9.17) is 0 Å². The van der Waals surface area contributed by atoms with Gasteiger partial charge in [-0.3, -0.25) is 4.79 Å². The molecule has 1 saturated carbocycles. The van der Waals surface area contributed by atoms with E-state index in [0.29, 0.717) is 5.92 Å². The highest BCUT2D eigenvalue weighted by Crippen LogP contribution is 2.57. The van der Waals surface area contributed by atoms with Gasteiger partial charge in [-0.25, -0.2) is 4.98 Å². The summed E-state index contributed by atoms with van der Waals surface area (Å²) in [7, 11) is 0. The molecule has 0 spiro atoms. The summed E-state index contributed by atoms with van der Waals surface area (Å²) in [6, 6.07) is 5.76. The molecule has 3 heteroatoms. The van der Waals surface area contributed by atoms with Crippen LogP contribution >= 0.6 is 0 Å². The van der Waals surface area contributed by atoms with Crippen LogP contribution < -0.4 is 0 Å². The number of pyridine rings is 1. The molecule has 3 rings (SSSR count). The van der Waals surface area contributed by atoms with Crippen LogP contribution in [0.25, 0.3) is 0 Å². The van der Waals surface area contributed by atoms with Gasteiger partial charge in [-0.15, -0.1) is 0 Å². The van der Waals surface area contributed by atoms with E-state index < -0.39 is 0 Å². The van der Waals surface area contributed by atoms with Crippen LogP contribution in [0, 0.1) is 28.6 Å². The lowest BCUT2D eigenvalue weighted by molar-refractivity contribution is -0.139. The molecule has 0 unspecified atom stereocenters. The number of hydrogen-bond acceptors (Lipinski definition) is 2. The van der Waals surface area contributed by atoms with Gasteiger partial charge < -0.3 is 4.90 Å². The third kappa shape index (κ3) is 2.31. The lowest BCUT2D eigenvalue weighted by Crippen LogP contribution is -2.39. The zero-order valence-corrected chi connectivity index (χ0v) is 12.3. The highest BCUT2D eigenvalue weighted by molar-refractivity contribution is 5.82. The second kappa shape index (κ2) is 4.34. The Morgan fingerprint density at radius 2 is 2.25 bits per heavy atom. The van der Waals surface area contributed by atoms with Crippen molar-refractivity contribution < 1.29 is 4.79 Å². The number of rotatable bonds is 0. The van der Waals surface area contributed by atoms with Crippen molar-refractivity contribution in [1.82, 2.24) is 9.88 Å². The minimum atomic E-state index is -0.299. The highest BCUT2D eigenvalue weighted by atomic mass is 16.2. The topological polar surface area (TPSA) is 33.2 Å². The Morgan fingerprint density at radius 3 is 2.90 bits per heavy atom. The number of aromatic nitrogens is 1. The van der Waals surface area contributed by atoms with Crippen LogP contribution in [0.15, 0.2) is 24.4 Å². The van der Waals surface area contributed by atoms with Gasteiger partial charge in [0.1, 0.15) is 5.69 Å². The molecule has 2 atom stereocenters. The maximum Gasteiger partial charge on any atom is 0.228 e. The number of carbonyl (C=O) groups excluding carboxylic acids is 1. The van der Waals surface area contributed by atoms with Gasteiger partial charge in [-0.1, -0.05) is 32.8 Å². The lowest BCUT2D eigenvalue weighted by atomic mass is 9.94. The Labute approximate surface area is 120 Å². The molecule has 2 aliphatic rings. The van der Waals surface area contributed by atoms with Crippen molar-refractivity contribution in [1.29, 1.82) is 0 Å². The second-order valence-corrected chi connectivity index (χ2v) is 6.96. The van der Waals surface area contributed by atoms with Gasteiger partial charge in [-0.05, 0) is 30.4 Å². The molecule has 1 saturated heterocycles. The second-order valence-electron chi connectivity index (χ2n) is 6.96. The summed E-state index contributed by atoms with van der Waals surface area (Å²) in [5.74, 6) is 7.35. The highest BCUT2D eigenvalue weighted by Gasteiger charge is 2.60. The van der Waals surface area contributed by atoms with Crippen LogP contribution in [-0.4, -0.2) is 28.9 Å². The summed E-state index contributed by atoms with van der Waals surface area (Å²) < 4.78 is 0. The fourth-order valence-corrected chi connectivity index (χ4v) is 2.93. The first-order valence-corrected chi connectivity index (χ1v) is 7.14. The summed E-state index contributed by atoms with van der Waals surface area (Å²) >= 11 is 0. The number of hydrogen-bond donors (Lipinski definition) is 0. The van der Waals surface area contributed by atoms with E-state index in [-0.39, 0.29) is 16.7 Å². The van der Waals surface area contributed by atoms with Crippen molar-refractivity contribution in [3.8, 4) is 11.8 Å². The van der Waals surface area contributed by atoms with Gasteiger partial charge in [-0.2, -0.15) is 0 Å². The Bertz CT molecular complexity index is 591. The van der Waals surface area contributed by atoms with Gasteiger partial charge in [0.15, 0.2) is 0 Å². The minimum Gasteiger partial charge on any atom is -0.340 e. The first-order chi connectivity index (χ1) is 9.41. The van der Waals surface area contributed by atoms with Crippen LogP contribution in [0.3, 0.4) is 0 Å². The largest absolute Gasteiger partial charge is 0.340 e. The molecule has 1 aromatic heterocycles. The molecule has 2 fully saturated rings. The molecule has 104 valence electrons. The van der Waals surface area contributed by atoms with Crippen LogP contribution in [0.1, 0.15) is 32.9 Å². The first kappa shape index (κ1) is 13.2. The molecule has 0 radical (unpaired) electrons. The molecule has 3 nitrogen and oxygen atoms in total. The SMILES string of the molecule is CC(C)(C)C(=O)N1C[C@H]2C[C@@]2(C#Cc2ccccn2)C1. The number of likely N-dealkylation sites (tertiary alicyclic amines) is 1. The molecule has 0 N–H and O–H groups in total. The summed E-state index contributed by atoms with van der Waals surface area (Å²) in [6.45, 7) is 7.59.